The molecule has 1 amide bonds. The normalized spacial score (nSPS) is 10.1. The minimum absolute atomic E-state index is 0.0209. The van der Waals surface area contributed by atoms with E-state index in [1.54, 1.807) is 24.3 Å². The van der Waals surface area contributed by atoms with Crippen molar-refractivity contribution in [1.82, 2.24) is 0 Å². The van der Waals surface area contributed by atoms with Crippen LogP contribution in [0.3, 0.4) is 0 Å². The highest BCUT2D eigenvalue weighted by Gasteiger charge is 2.10. The lowest BCUT2D eigenvalue weighted by molar-refractivity contribution is -0.146. The van der Waals surface area contributed by atoms with Crippen LogP contribution in [0, 0.1) is 5.82 Å². The van der Waals surface area contributed by atoms with Crippen molar-refractivity contribution < 1.29 is 18.7 Å². The lowest BCUT2D eigenvalue weighted by atomic mass is 10.1. The first-order valence-corrected chi connectivity index (χ1v) is 6.87. The van der Waals surface area contributed by atoms with Gasteiger partial charge in [0.15, 0.2) is 6.61 Å². The van der Waals surface area contributed by atoms with Crippen molar-refractivity contribution >= 4 is 29.2 Å². The van der Waals surface area contributed by atoms with E-state index in [1.165, 1.54) is 24.3 Å². The van der Waals surface area contributed by atoms with E-state index in [0.29, 0.717) is 16.3 Å². The molecule has 0 unspecified atom stereocenters. The Morgan fingerprint density at radius 2 is 1.91 bits per heavy atom. The van der Waals surface area contributed by atoms with E-state index >= 15 is 0 Å². The predicted molar refractivity (Wildman–Crippen MR) is 81.1 cm³/mol. The van der Waals surface area contributed by atoms with Crippen LogP contribution in [0.2, 0.25) is 5.02 Å². The van der Waals surface area contributed by atoms with Crippen molar-refractivity contribution in [3.63, 3.8) is 0 Å². The molecule has 2 aromatic carbocycles. The summed E-state index contributed by atoms with van der Waals surface area (Å²) in [6.07, 6.45) is -0.0209. The molecule has 0 spiro atoms. The van der Waals surface area contributed by atoms with Gasteiger partial charge in [-0.15, -0.1) is 0 Å². The van der Waals surface area contributed by atoms with Gasteiger partial charge >= 0.3 is 5.97 Å². The molecular formula is C16H13ClFNO3. The van der Waals surface area contributed by atoms with E-state index in [-0.39, 0.29) is 6.42 Å². The molecular weight excluding hydrogens is 309 g/mol. The molecule has 0 aliphatic rings. The monoisotopic (exact) mass is 321 g/mol. The SMILES string of the molecule is O=C(COC(=O)Cc1ccccc1Cl)Nc1cccc(F)c1. The number of halogens is 2. The molecule has 0 radical (unpaired) electrons. The molecule has 2 rings (SSSR count). The van der Waals surface area contributed by atoms with E-state index in [9.17, 15) is 14.0 Å². The molecule has 4 nitrogen and oxygen atoms in total. The van der Waals surface area contributed by atoms with Gasteiger partial charge in [-0.2, -0.15) is 0 Å². The fourth-order valence-electron chi connectivity index (χ4n) is 1.76. The van der Waals surface area contributed by atoms with Crippen LogP contribution < -0.4 is 5.32 Å². The van der Waals surface area contributed by atoms with Gasteiger partial charge in [0, 0.05) is 10.7 Å². The number of esters is 1. The standard InChI is InChI=1S/C16H13ClFNO3/c17-14-7-2-1-4-11(14)8-16(21)22-10-15(20)19-13-6-3-5-12(18)9-13/h1-7,9H,8,10H2,(H,19,20). The molecule has 22 heavy (non-hydrogen) atoms. The first-order chi connectivity index (χ1) is 10.5. The Bertz CT molecular complexity index is 691. The van der Waals surface area contributed by atoms with Gasteiger partial charge in [-0.3, -0.25) is 9.59 Å². The number of ether oxygens (including phenoxy) is 1. The van der Waals surface area contributed by atoms with Crippen molar-refractivity contribution in [1.29, 1.82) is 0 Å². The zero-order valence-electron chi connectivity index (χ0n) is 11.5. The molecule has 0 fully saturated rings. The molecule has 0 bridgehead atoms. The molecule has 0 aliphatic heterocycles. The maximum Gasteiger partial charge on any atom is 0.310 e. The van der Waals surface area contributed by atoms with Crippen molar-refractivity contribution in [2.24, 2.45) is 0 Å². The second-order valence-corrected chi connectivity index (χ2v) is 4.89. The summed E-state index contributed by atoms with van der Waals surface area (Å²) in [5, 5.41) is 2.89. The average molecular weight is 322 g/mol. The predicted octanol–water partition coefficient (Wildman–Crippen LogP) is 3.20. The van der Waals surface area contributed by atoms with Crippen molar-refractivity contribution in [2.45, 2.75) is 6.42 Å². The summed E-state index contributed by atoms with van der Waals surface area (Å²) < 4.78 is 17.8. The molecule has 0 saturated carbocycles. The van der Waals surface area contributed by atoms with Gasteiger partial charge in [0.05, 0.1) is 6.42 Å². The third-order valence-electron chi connectivity index (χ3n) is 2.77. The highest BCUT2D eigenvalue weighted by Crippen LogP contribution is 2.15. The minimum Gasteiger partial charge on any atom is -0.455 e. The topological polar surface area (TPSA) is 55.4 Å². The maximum atomic E-state index is 13.0. The first kappa shape index (κ1) is 16.0. The maximum absolute atomic E-state index is 13.0. The van der Waals surface area contributed by atoms with Gasteiger partial charge in [0.1, 0.15) is 5.82 Å². The number of carbonyl (C=O) groups excluding carboxylic acids is 2. The number of rotatable bonds is 5. The average Bonchev–Trinajstić information content (AvgIpc) is 2.48. The fraction of sp³-hybridized carbons (Fsp3) is 0.125. The Balaban J connectivity index is 1.81. The fourth-order valence-corrected chi connectivity index (χ4v) is 1.96. The third kappa shape index (κ3) is 4.86. The summed E-state index contributed by atoms with van der Waals surface area (Å²) in [5.41, 5.74) is 0.923. The Kier molecular flexibility index (Phi) is 5.49. The van der Waals surface area contributed by atoms with E-state index in [1.807, 2.05) is 0 Å². The third-order valence-corrected chi connectivity index (χ3v) is 3.13. The molecule has 0 heterocycles. The number of hydrogen-bond acceptors (Lipinski definition) is 3. The second kappa shape index (κ2) is 7.56. The van der Waals surface area contributed by atoms with Gasteiger partial charge in [-0.05, 0) is 29.8 Å². The number of anilines is 1. The summed E-state index contributed by atoms with van der Waals surface area (Å²) in [7, 11) is 0. The van der Waals surface area contributed by atoms with Crippen molar-refractivity contribution in [3.8, 4) is 0 Å². The van der Waals surface area contributed by atoms with E-state index in [2.05, 4.69) is 5.32 Å². The van der Waals surface area contributed by atoms with Gasteiger partial charge in [-0.1, -0.05) is 35.9 Å². The number of carbonyl (C=O) groups is 2. The summed E-state index contributed by atoms with van der Waals surface area (Å²) in [6, 6.07) is 12.3. The lowest BCUT2D eigenvalue weighted by Crippen LogP contribution is -2.21. The summed E-state index contributed by atoms with van der Waals surface area (Å²) in [6.45, 7) is -0.445. The molecule has 2 aromatic rings. The summed E-state index contributed by atoms with van der Waals surface area (Å²) in [4.78, 5) is 23.3. The molecule has 0 aromatic heterocycles. The Morgan fingerprint density at radius 1 is 1.14 bits per heavy atom. The first-order valence-electron chi connectivity index (χ1n) is 6.49. The number of amides is 1. The quantitative estimate of drug-likeness (QED) is 0.860. The van der Waals surface area contributed by atoms with Gasteiger partial charge in [0.2, 0.25) is 0 Å². The van der Waals surface area contributed by atoms with Gasteiger partial charge in [-0.25, -0.2) is 4.39 Å². The van der Waals surface area contributed by atoms with Crippen LogP contribution in [-0.2, 0) is 20.7 Å². The summed E-state index contributed by atoms with van der Waals surface area (Å²) >= 11 is 5.93. The van der Waals surface area contributed by atoms with Crippen molar-refractivity contribution in [3.05, 3.63) is 64.9 Å². The van der Waals surface area contributed by atoms with E-state index in [4.69, 9.17) is 16.3 Å². The second-order valence-electron chi connectivity index (χ2n) is 4.49. The Labute approximate surface area is 131 Å². The van der Waals surface area contributed by atoms with Crippen LogP contribution in [0.5, 0.6) is 0 Å². The van der Waals surface area contributed by atoms with Crippen LogP contribution in [0.15, 0.2) is 48.5 Å². The van der Waals surface area contributed by atoms with Crippen LogP contribution in [0.25, 0.3) is 0 Å². The Morgan fingerprint density at radius 3 is 2.64 bits per heavy atom. The van der Waals surface area contributed by atoms with Crippen LogP contribution >= 0.6 is 11.6 Å². The molecule has 1 N–H and O–H groups in total. The molecule has 0 saturated heterocycles. The largest absolute Gasteiger partial charge is 0.455 e. The smallest absolute Gasteiger partial charge is 0.310 e. The van der Waals surface area contributed by atoms with Gasteiger partial charge < -0.3 is 10.1 Å². The number of hydrogen-bond donors (Lipinski definition) is 1. The van der Waals surface area contributed by atoms with Gasteiger partial charge in [0.25, 0.3) is 5.91 Å². The highest BCUT2D eigenvalue weighted by atomic mass is 35.5. The summed E-state index contributed by atoms with van der Waals surface area (Å²) in [5.74, 6) is -1.57. The molecule has 114 valence electrons. The molecule has 0 atom stereocenters. The van der Waals surface area contributed by atoms with E-state index < -0.39 is 24.3 Å². The Hall–Kier alpha value is -2.40. The number of benzene rings is 2. The highest BCUT2D eigenvalue weighted by molar-refractivity contribution is 6.31. The zero-order chi connectivity index (χ0) is 15.9. The number of nitrogens with one attached hydrogen (secondary N) is 1. The van der Waals surface area contributed by atoms with Crippen LogP contribution in [-0.4, -0.2) is 18.5 Å². The van der Waals surface area contributed by atoms with Crippen LogP contribution in [0.4, 0.5) is 10.1 Å². The van der Waals surface area contributed by atoms with E-state index in [0.717, 1.165) is 0 Å². The molecule has 0 aliphatic carbocycles. The lowest BCUT2D eigenvalue weighted by Gasteiger charge is -2.07. The molecule has 6 heteroatoms. The minimum atomic E-state index is -0.567. The van der Waals surface area contributed by atoms with Crippen molar-refractivity contribution in [2.75, 3.05) is 11.9 Å². The zero-order valence-corrected chi connectivity index (χ0v) is 12.3. The van der Waals surface area contributed by atoms with Crippen LogP contribution in [0.1, 0.15) is 5.56 Å².